The number of halogens is 2. The number of hydrogen-bond acceptors (Lipinski definition) is 3. The van der Waals surface area contributed by atoms with Crippen LogP contribution < -0.4 is 9.46 Å². The van der Waals surface area contributed by atoms with Crippen LogP contribution in [-0.2, 0) is 10.0 Å². The van der Waals surface area contributed by atoms with Gasteiger partial charge in [-0.1, -0.05) is 29.8 Å². The first-order valence-electron chi connectivity index (χ1n) is 7.25. The van der Waals surface area contributed by atoms with Gasteiger partial charge in [0.1, 0.15) is 17.3 Å². The predicted molar refractivity (Wildman–Crippen MR) is 95.2 cm³/mol. The van der Waals surface area contributed by atoms with Crippen molar-refractivity contribution in [2.45, 2.75) is 4.90 Å². The van der Waals surface area contributed by atoms with Crippen molar-refractivity contribution in [3.05, 3.63) is 83.6 Å². The predicted octanol–water partition coefficient (Wildman–Crippen LogP) is 5.07. The Balaban J connectivity index is 1.77. The lowest BCUT2D eigenvalue weighted by atomic mass is 10.3. The van der Waals surface area contributed by atoms with E-state index >= 15 is 0 Å². The van der Waals surface area contributed by atoms with E-state index in [-0.39, 0.29) is 15.6 Å². The fourth-order valence-corrected chi connectivity index (χ4v) is 3.32. The molecule has 0 bridgehead atoms. The summed E-state index contributed by atoms with van der Waals surface area (Å²) in [6.07, 6.45) is 0. The number of nitrogens with one attached hydrogen (secondary N) is 1. The standard InChI is InChI=1S/C18H13ClFNO3S/c19-17-12-13(6-11-18(17)20)21-25(22,23)16-9-7-15(8-10-16)24-14-4-2-1-3-5-14/h1-12,21H. The normalized spacial score (nSPS) is 11.1. The molecule has 0 aromatic heterocycles. The van der Waals surface area contributed by atoms with Crippen molar-refractivity contribution in [2.24, 2.45) is 0 Å². The molecule has 1 N–H and O–H groups in total. The van der Waals surface area contributed by atoms with E-state index in [4.69, 9.17) is 16.3 Å². The Labute approximate surface area is 149 Å². The molecule has 3 aromatic carbocycles. The molecule has 25 heavy (non-hydrogen) atoms. The van der Waals surface area contributed by atoms with Crippen molar-refractivity contribution in [3.8, 4) is 11.5 Å². The lowest BCUT2D eigenvalue weighted by Gasteiger charge is -2.10. The Kier molecular flexibility index (Phi) is 4.92. The first-order valence-corrected chi connectivity index (χ1v) is 9.11. The smallest absolute Gasteiger partial charge is 0.261 e. The van der Waals surface area contributed by atoms with E-state index in [1.54, 1.807) is 24.3 Å². The number of para-hydroxylation sites is 1. The van der Waals surface area contributed by atoms with Gasteiger partial charge < -0.3 is 4.74 Å². The van der Waals surface area contributed by atoms with E-state index in [9.17, 15) is 12.8 Å². The fourth-order valence-electron chi connectivity index (χ4n) is 2.09. The number of hydrogen-bond donors (Lipinski definition) is 1. The maximum Gasteiger partial charge on any atom is 0.261 e. The van der Waals surface area contributed by atoms with Gasteiger partial charge in [-0.15, -0.1) is 0 Å². The Morgan fingerprint density at radius 3 is 2.16 bits per heavy atom. The highest BCUT2D eigenvalue weighted by atomic mass is 35.5. The summed E-state index contributed by atoms with van der Waals surface area (Å²) in [5, 5.41) is -0.160. The fraction of sp³-hybridized carbons (Fsp3) is 0. The molecule has 128 valence electrons. The lowest BCUT2D eigenvalue weighted by Crippen LogP contribution is -2.12. The molecule has 0 fully saturated rings. The molecule has 0 amide bonds. The first kappa shape index (κ1) is 17.3. The van der Waals surface area contributed by atoms with Gasteiger partial charge in [0, 0.05) is 0 Å². The maximum atomic E-state index is 13.2. The maximum absolute atomic E-state index is 13.2. The summed E-state index contributed by atoms with van der Waals surface area (Å²) in [5.74, 6) is 0.541. The van der Waals surface area contributed by atoms with Crippen molar-refractivity contribution in [1.29, 1.82) is 0 Å². The van der Waals surface area contributed by atoms with Crippen molar-refractivity contribution in [3.63, 3.8) is 0 Å². The second kappa shape index (κ2) is 7.13. The molecule has 0 aliphatic carbocycles. The van der Waals surface area contributed by atoms with Crippen LogP contribution in [-0.4, -0.2) is 8.42 Å². The second-order valence-corrected chi connectivity index (χ2v) is 7.21. The number of sulfonamides is 1. The zero-order valence-electron chi connectivity index (χ0n) is 12.8. The van der Waals surface area contributed by atoms with Crippen molar-refractivity contribution >= 4 is 27.3 Å². The quantitative estimate of drug-likeness (QED) is 0.675. The van der Waals surface area contributed by atoms with Gasteiger partial charge in [-0.3, -0.25) is 4.72 Å². The minimum Gasteiger partial charge on any atom is -0.457 e. The molecule has 0 spiro atoms. The third kappa shape index (κ3) is 4.29. The van der Waals surface area contributed by atoms with Crippen LogP contribution in [0.4, 0.5) is 10.1 Å². The van der Waals surface area contributed by atoms with Crippen LogP contribution in [0.5, 0.6) is 11.5 Å². The number of rotatable bonds is 5. The molecular weight excluding hydrogens is 365 g/mol. The van der Waals surface area contributed by atoms with Gasteiger partial charge >= 0.3 is 0 Å². The molecule has 0 atom stereocenters. The monoisotopic (exact) mass is 377 g/mol. The zero-order chi connectivity index (χ0) is 17.9. The molecule has 7 heteroatoms. The summed E-state index contributed by atoms with van der Waals surface area (Å²) in [6, 6.07) is 18.7. The van der Waals surface area contributed by atoms with E-state index in [1.807, 2.05) is 18.2 Å². The van der Waals surface area contributed by atoms with Gasteiger partial charge in [0.2, 0.25) is 0 Å². The van der Waals surface area contributed by atoms with Crippen LogP contribution >= 0.6 is 11.6 Å². The van der Waals surface area contributed by atoms with E-state index in [1.165, 1.54) is 24.3 Å². The van der Waals surface area contributed by atoms with Crippen LogP contribution in [0.2, 0.25) is 5.02 Å². The van der Waals surface area contributed by atoms with Crippen LogP contribution in [0.25, 0.3) is 0 Å². The highest BCUT2D eigenvalue weighted by Gasteiger charge is 2.15. The summed E-state index contributed by atoms with van der Waals surface area (Å²) in [5.41, 5.74) is 0.177. The topological polar surface area (TPSA) is 55.4 Å². The van der Waals surface area contributed by atoms with E-state index in [0.717, 1.165) is 6.07 Å². The van der Waals surface area contributed by atoms with E-state index < -0.39 is 15.8 Å². The Bertz CT molecular complexity index is 977. The average Bonchev–Trinajstić information content (AvgIpc) is 2.59. The molecule has 0 radical (unpaired) electrons. The SMILES string of the molecule is O=S(=O)(Nc1ccc(F)c(Cl)c1)c1ccc(Oc2ccccc2)cc1. The van der Waals surface area contributed by atoms with Crippen LogP contribution in [0.1, 0.15) is 0 Å². The summed E-state index contributed by atoms with van der Waals surface area (Å²) in [7, 11) is -3.82. The molecule has 0 heterocycles. The third-order valence-corrected chi connectivity index (χ3v) is 4.97. The van der Waals surface area contributed by atoms with Crippen LogP contribution in [0, 0.1) is 5.82 Å². The molecule has 0 saturated heterocycles. The highest BCUT2D eigenvalue weighted by Crippen LogP contribution is 2.25. The molecule has 0 saturated carbocycles. The largest absolute Gasteiger partial charge is 0.457 e. The van der Waals surface area contributed by atoms with Gasteiger partial charge in [-0.25, -0.2) is 12.8 Å². The molecular formula is C18H13ClFNO3S. The minimum atomic E-state index is -3.82. The van der Waals surface area contributed by atoms with Gasteiger partial charge in [0.15, 0.2) is 0 Å². The Morgan fingerprint density at radius 1 is 0.880 bits per heavy atom. The lowest BCUT2D eigenvalue weighted by molar-refractivity contribution is 0.482. The molecule has 0 unspecified atom stereocenters. The number of benzene rings is 3. The zero-order valence-corrected chi connectivity index (χ0v) is 14.4. The van der Waals surface area contributed by atoms with Gasteiger partial charge in [0.05, 0.1) is 15.6 Å². The van der Waals surface area contributed by atoms with Gasteiger partial charge in [0.25, 0.3) is 10.0 Å². The molecule has 3 rings (SSSR count). The molecule has 0 aliphatic rings. The van der Waals surface area contributed by atoms with E-state index in [0.29, 0.717) is 11.5 Å². The summed E-state index contributed by atoms with van der Waals surface area (Å²) >= 11 is 5.66. The van der Waals surface area contributed by atoms with Crippen molar-refractivity contribution < 1.29 is 17.5 Å². The minimum absolute atomic E-state index is 0.0494. The first-order chi connectivity index (χ1) is 11.9. The summed E-state index contributed by atoms with van der Waals surface area (Å²) in [6.45, 7) is 0. The van der Waals surface area contributed by atoms with Gasteiger partial charge in [-0.2, -0.15) is 0 Å². The molecule has 4 nitrogen and oxygen atoms in total. The number of ether oxygens (including phenoxy) is 1. The second-order valence-electron chi connectivity index (χ2n) is 5.12. The van der Waals surface area contributed by atoms with Crippen LogP contribution in [0.15, 0.2) is 77.7 Å². The van der Waals surface area contributed by atoms with Crippen molar-refractivity contribution in [1.82, 2.24) is 0 Å². The Hall–Kier alpha value is -2.57. The van der Waals surface area contributed by atoms with Gasteiger partial charge in [-0.05, 0) is 54.6 Å². The van der Waals surface area contributed by atoms with Crippen molar-refractivity contribution in [2.75, 3.05) is 4.72 Å². The molecule has 0 aliphatic heterocycles. The molecule has 3 aromatic rings. The Morgan fingerprint density at radius 2 is 1.52 bits per heavy atom. The van der Waals surface area contributed by atoms with E-state index in [2.05, 4.69) is 4.72 Å². The summed E-state index contributed by atoms with van der Waals surface area (Å²) < 4.78 is 45.9. The highest BCUT2D eigenvalue weighted by molar-refractivity contribution is 7.92. The summed E-state index contributed by atoms with van der Waals surface area (Å²) in [4.78, 5) is 0.0494. The third-order valence-electron chi connectivity index (χ3n) is 3.28. The van der Waals surface area contributed by atoms with Crippen LogP contribution in [0.3, 0.4) is 0 Å². The average molecular weight is 378 g/mol. The number of anilines is 1.